The fraction of sp³-hybridized carbons (Fsp3) is 0.120. The van der Waals surface area contributed by atoms with E-state index in [9.17, 15) is 10.4 Å². The van der Waals surface area contributed by atoms with Gasteiger partial charge in [0.05, 0.1) is 23.2 Å². The maximum Gasteiger partial charge on any atom is 0.119 e. The number of methoxy groups -OCH3 is 1. The van der Waals surface area contributed by atoms with Crippen molar-refractivity contribution in [3.8, 4) is 39.3 Å². The first-order valence-electron chi connectivity index (χ1n) is 9.68. The minimum atomic E-state index is -0.0805. The molecule has 0 amide bonds. The van der Waals surface area contributed by atoms with E-state index in [1.54, 1.807) is 30.6 Å². The summed E-state index contributed by atoms with van der Waals surface area (Å²) >= 11 is 3.09. The molecule has 0 aliphatic carbocycles. The second kappa shape index (κ2) is 9.25. The summed E-state index contributed by atoms with van der Waals surface area (Å²) in [6, 6.07) is 23.3. The average Bonchev–Trinajstić information content (AvgIpc) is 3.34. The van der Waals surface area contributed by atoms with Gasteiger partial charge in [0.1, 0.15) is 22.6 Å². The third-order valence-corrected chi connectivity index (χ3v) is 6.95. The third-order valence-electron chi connectivity index (χ3n) is 4.94. The molecule has 1 unspecified atom stereocenters. The zero-order valence-corrected chi connectivity index (χ0v) is 18.7. The van der Waals surface area contributed by atoms with Crippen molar-refractivity contribution in [2.24, 2.45) is 0 Å². The lowest BCUT2D eigenvalue weighted by Crippen LogP contribution is -1.98. The monoisotopic (exact) mass is 444 g/mol. The molecule has 2 heterocycles. The largest absolute Gasteiger partial charge is 0.508 e. The Hall–Kier alpha value is -3.27. The molecule has 0 spiro atoms. The summed E-state index contributed by atoms with van der Waals surface area (Å²) in [5.74, 6) is 1.00. The molecule has 2 aromatic heterocycles. The number of nitrogens with zero attached hydrogens (tertiary/aromatic N) is 2. The lowest BCUT2D eigenvalue weighted by atomic mass is 10.0. The van der Waals surface area contributed by atoms with Crippen LogP contribution in [0.2, 0.25) is 0 Å². The number of ether oxygens (including phenoxy) is 1. The number of hydrogen-bond donors (Lipinski definition) is 1. The zero-order valence-electron chi connectivity index (χ0n) is 17.1. The normalized spacial score (nSPS) is 11.6. The number of nitriles is 1. The molecule has 1 atom stereocenters. The van der Waals surface area contributed by atoms with Crippen LogP contribution in [0.4, 0.5) is 0 Å². The molecule has 0 bridgehead atoms. The molecular formula is C25H20N2O2S2. The van der Waals surface area contributed by atoms with Crippen molar-refractivity contribution in [3.63, 3.8) is 0 Å². The minimum absolute atomic E-state index is 0.0805. The number of hydrogen-bond acceptors (Lipinski definition) is 6. The summed E-state index contributed by atoms with van der Waals surface area (Å²) in [6.45, 7) is 2.01. The highest BCUT2D eigenvalue weighted by Crippen LogP contribution is 2.42. The topological polar surface area (TPSA) is 66.1 Å². The lowest BCUT2D eigenvalue weighted by Gasteiger charge is -2.16. The standard InChI is InChI=1S/C25H20N2O2S2/c1-16(19-6-3-4-7-23(19)28)31-25-21(15-26)20(17-9-11-18(29-2)12-10-17)14-22(27-25)24-8-5-13-30-24/h3-14,16,28H,1-2H3. The first kappa shape index (κ1) is 21.0. The van der Waals surface area contributed by atoms with E-state index in [-0.39, 0.29) is 11.0 Å². The van der Waals surface area contributed by atoms with Crippen molar-refractivity contribution in [1.29, 1.82) is 5.26 Å². The van der Waals surface area contributed by atoms with E-state index in [4.69, 9.17) is 9.72 Å². The molecule has 1 N–H and O–H groups in total. The highest BCUT2D eigenvalue weighted by molar-refractivity contribution is 7.99. The van der Waals surface area contributed by atoms with Gasteiger partial charge in [0.2, 0.25) is 0 Å². The van der Waals surface area contributed by atoms with E-state index in [0.717, 1.165) is 33.0 Å². The molecule has 6 heteroatoms. The van der Waals surface area contributed by atoms with Gasteiger partial charge in [-0.05, 0) is 48.2 Å². The Kier molecular flexibility index (Phi) is 6.26. The van der Waals surface area contributed by atoms with Crippen molar-refractivity contribution in [1.82, 2.24) is 4.98 Å². The van der Waals surface area contributed by atoms with E-state index in [1.807, 2.05) is 66.9 Å². The van der Waals surface area contributed by atoms with Crippen LogP contribution in [0, 0.1) is 11.3 Å². The van der Waals surface area contributed by atoms with Crippen LogP contribution in [0.1, 0.15) is 23.3 Å². The van der Waals surface area contributed by atoms with Gasteiger partial charge >= 0.3 is 0 Å². The predicted molar refractivity (Wildman–Crippen MR) is 127 cm³/mol. The van der Waals surface area contributed by atoms with Crippen LogP contribution in [0.15, 0.2) is 77.1 Å². The summed E-state index contributed by atoms with van der Waals surface area (Å²) in [4.78, 5) is 5.88. The van der Waals surface area contributed by atoms with Gasteiger partial charge in [-0.2, -0.15) is 5.26 Å². The molecule has 0 saturated carbocycles. The molecule has 4 aromatic rings. The molecule has 0 aliphatic heterocycles. The number of phenols is 1. The highest BCUT2D eigenvalue weighted by Gasteiger charge is 2.20. The summed E-state index contributed by atoms with van der Waals surface area (Å²) in [7, 11) is 1.63. The predicted octanol–water partition coefficient (Wildman–Crippen LogP) is 6.92. The van der Waals surface area contributed by atoms with Crippen molar-refractivity contribution in [2.75, 3.05) is 7.11 Å². The van der Waals surface area contributed by atoms with Gasteiger partial charge in [-0.1, -0.05) is 48.2 Å². The number of thioether (sulfide) groups is 1. The van der Waals surface area contributed by atoms with Gasteiger partial charge in [0.25, 0.3) is 0 Å². The second-order valence-corrected chi connectivity index (χ2v) is 9.15. The zero-order chi connectivity index (χ0) is 21.8. The SMILES string of the molecule is COc1ccc(-c2cc(-c3cccs3)nc(SC(C)c3ccccc3O)c2C#N)cc1. The maximum atomic E-state index is 10.3. The van der Waals surface area contributed by atoms with E-state index in [1.165, 1.54) is 11.8 Å². The van der Waals surface area contributed by atoms with Gasteiger partial charge in [-0.15, -0.1) is 11.3 Å². The first-order chi connectivity index (χ1) is 15.1. The van der Waals surface area contributed by atoms with Crippen LogP contribution in [-0.4, -0.2) is 17.2 Å². The molecule has 0 saturated heterocycles. The molecule has 31 heavy (non-hydrogen) atoms. The van der Waals surface area contributed by atoms with Crippen LogP contribution < -0.4 is 4.74 Å². The van der Waals surface area contributed by atoms with Crippen molar-refractivity contribution in [2.45, 2.75) is 17.2 Å². The van der Waals surface area contributed by atoms with E-state index >= 15 is 0 Å². The number of benzene rings is 2. The lowest BCUT2D eigenvalue weighted by molar-refractivity contribution is 0.415. The van der Waals surface area contributed by atoms with Crippen LogP contribution in [0.5, 0.6) is 11.5 Å². The van der Waals surface area contributed by atoms with Gasteiger partial charge in [0, 0.05) is 16.4 Å². The molecular weight excluding hydrogens is 424 g/mol. The maximum absolute atomic E-state index is 10.3. The number of para-hydroxylation sites is 1. The summed E-state index contributed by atoms with van der Waals surface area (Å²) in [5, 5.41) is 22.9. The van der Waals surface area contributed by atoms with Crippen LogP contribution in [0.25, 0.3) is 21.7 Å². The van der Waals surface area contributed by atoms with Crippen LogP contribution >= 0.6 is 23.1 Å². The first-order valence-corrected chi connectivity index (χ1v) is 11.4. The smallest absolute Gasteiger partial charge is 0.119 e. The van der Waals surface area contributed by atoms with E-state index in [2.05, 4.69) is 6.07 Å². The Morgan fingerprint density at radius 3 is 2.52 bits per heavy atom. The number of aromatic hydroxyl groups is 1. The van der Waals surface area contributed by atoms with E-state index < -0.39 is 0 Å². The van der Waals surface area contributed by atoms with Crippen molar-refractivity contribution >= 4 is 23.1 Å². The fourth-order valence-electron chi connectivity index (χ4n) is 3.33. The molecule has 2 aromatic carbocycles. The highest BCUT2D eigenvalue weighted by atomic mass is 32.2. The minimum Gasteiger partial charge on any atom is -0.508 e. The van der Waals surface area contributed by atoms with Gasteiger partial charge < -0.3 is 9.84 Å². The second-order valence-electron chi connectivity index (χ2n) is 6.87. The Bertz CT molecular complexity index is 1230. The number of aromatic nitrogens is 1. The number of pyridine rings is 1. The third kappa shape index (κ3) is 4.43. The molecule has 0 fully saturated rings. The molecule has 0 aliphatic rings. The van der Waals surface area contributed by atoms with Gasteiger partial charge in [-0.3, -0.25) is 0 Å². The summed E-state index contributed by atoms with van der Waals surface area (Å²) in [5.41, 5.74) is 3.92. The molecule has 4 nitrogen and oxygen atoms in total. The fourth-order valence-corrected chi connectivity index (χ4v) is 5.10. The van der Waals surface area contributed by atoms with Crippen LogP contribution in [-0.2, 0) is 0 Å². The van der Waals surface area contributed by atoms with Gasteiger partial charge in [0.15, 0.2) is 0 Å². The molecule has 154 valence electrons. The van der Waals surface area contributed by atoms with Gasteiger partial charge in [-0.25, -0.2) is 4.98 Å². The Morgan fingerprint density at radius 1 is 1.10 bits per heavy atom. The number of thiophene rings is 1. The summed E-state index contributed by atoms with van der Waals surface area (Å²) < 4.78 is 5.28. The molecule has 4 rings (SSSR count). The number of rotatable bonds is 6. The Morgan fingerprint density at radius 2 is 1.87 bits per heavy atom. The Labute approximate surface area is 189 Å². The number of phenolic OH excluding ortho intramolecular Hbond substituents is 1. The van der Waals surface area contributed by atoms with Crippen molar-refractivity contribution < 1.29 is 9.84 Å². The van der Waals surface area contributed by atoms with Crippen LogP contribution in [0.3, 0.4) is 0 Å². The Balaban J connectivity index is 1.84. The van der Waals surface area contributed by atoms with E-state index in [0.29, 0.717) is 10.6 Å². The quantitative estimate of drug-likeness (QED) is 0.327. The average molecular weight is 445 g/mol. The molecule has 0 radical (unpaired) electrons. The van der Waals surface area contributed by atoms with Crippen molar-refractivity contribution in [3.05, 3.63) is 83.2 Å². The summed E-state index contributed by atoms with van der Waals surface area (Å²) in [6.07, 6.45) is 0.